The summed E-state index contributed by atoms with van der Waals surface area (Å²) < 4.78 is 16.6. The predicted molar refractivity (Wildman–Crippen MR) is 122 cm³/mol. The highest BCUT2D eigenvalue weighted by Gasteiger charge is 2.23. The highest BCUT2D eigenvalue weighted by Crippen LogP contribution is 2.36. The molecule has 2 aliphatic rings. The minimum atomic E-state index is -0.149. The van der Waals surface area contributed by atoms with E-state index in [2.05, 4.69) is 41.0 Å². The molecule has 0 bridgehead atoms. The second-order valence-corrected chi connectivity index (χ2v) is 8.23. The van der Waals surface area contributed by atoms with Gasteiger partial charge in [-0.3, -0.25) is 0 Å². The van der Waals surface area contributed by atoms with Crippen molar-refractivity contribution in [3.63, 3.8) is 0 Å². The molecule has 2 nitrogen and oxygen atoms in total. The Labute approximate surface area is 180 Å². The number of imidazole rings is 1. The fourth-order valence-corrected chi connectivity index (χ4v) is 4.51. The summed E-state index contributed by atoms with van der Waals surface area (Å²) in [7, 11) is 0. The number of aryl methyl sites for hydroxylation is 1. The van der Waals surface area contributed by atoms with Crippen molar-refractivity contribution < 1.29 is 4.39 Å². The van der Waals surface area contributed by atoms with Crippen LogP contribution in [0.4, 0.5) is 4.39 Å². The Kier molecular flexibility index (Phi) is 4.92. The maximum Gasteiger partial charge on any atom is 0.141 e. The van der Waals surface area contributed by atoms with Crippen LogP contribution in [0.3, 0.4) is 0 Å². The second kappa shape index (κ2) is 7.73. The molecule has 0 saturated heterocycles. The Hall–Kier alpha value is -2.91. The van der Waals surface area contributed by atoms with Crippen LogP contribution in [-0.4, -0.2) is 9.55 Å². The minimum absolute atomic E-state index is 0.149. The van der Waals surface area contributed by atoms with E-state index in [-0.39, 0.29) is 5.82 Å². The van der Waals surface area contributed by atoms with Crippen molar-refractivity contribution in [2.75, 3.05) is 0 Å². The Morgan fingerprint density at radius 1 is 1.13 bits per heavy atom. The molecular weight excluding hydrogens is 395 g/mol. The highest BCUT2D eigenvalue weighted by atomic mass is 35.5. The monoisotopic (exact) mass is 416 g/mol. The lowest BCUT2D eigenvalue weighted by atomic mass is 9.84. The summed E-state index contributed by atoms with van der Waals surface area (Å²) in [6.07, 6.45) is 14.6. The van der Waals surface area contributed by atoms with Crippen molar-refractivity contribution in [2.45, 2.75) is 26.3 Å². The van der Waals surface area contributed by atoms with Crippen LogP contribution >= 0.6 is 11.6 Å². The van der Waals surface area contributed by atoms with Gasteiger partial charge in [-0.25, -0.2) is 9.37 Å². The standard InChI is InChI=1S/C26H22ClFN2/c1-2-18-11-10-17(14-23(18)28)16-30-25-13-12-20(27)15-24(25)29-26(30)22-9-5-7-19-6-3-4-8-21(19)22/h3-6,8-15,19H,2,7,16H2,1H3. The van der Waals surface area contributed by atoms with Crippen molar-refractivity contribution in [1.82, 2.24) is 9.55 Å². The lowest BCUT2D eigenvalue weighted by Gasteiger charge is -2.23. The molecule has 0 radical (unpaired) electrons. The summed E-state index contributed by atoms with van der Waals surface area (Å²) in [5.41, 5.74) is 5.89. The fourth-order valence-electron chi connectivity index (χ4n) is 4.34. The number of aromatic nitrogens is 2. The molecule has 4 heteroatoms. The van der Waals surface area contributed by atoms with Gasteiger partial charge in [0, 0.05) is 23.1 Å². The smallest absolute Gasteiger partial charge is 0.141 e. The summed E-state index contributed by atoms with van der Waals surface area (Å²) in [4.78, 5) is 4.96. The van der Waals surface area contributed by atoms with Crippen LogP contribution in [0.5, 0.6) is 0 Å². The molecule has 3 aromatic rings. The van der Waals surface area contributed by atoms with E-state index in [1.165, 1.54) is 5.57 Å². The van der Waals surface area contributed by atoms with E-state index < -0.39 is 0 Å². The predicted octanol–water partition coefficient (Wildman–Crippen LogP) is 6.90. The summed E-state index contributed by atoms with van der Waals surface area (Å²) >= 11 is 6.25. The van der Waals surface area contributed by atoms with E-state index >= 15 is 0 Å². The molecule has 0 amide bonds. The van der Waals surface area contributed by atoms with Crippen LogP contribution in [0.2, 0.25) is 5.02 Å². The van der Waals surface area contributed by atoms with Crippen LogP contribution in [0.25, 0.3) is 16.6 Å². The largest absolute Gasteiger partial charge is 0.319 e. The maximum absolute atomic E-state index is 14.4. The summed E-state index contributed by atoms with van der Waals surface area (Å²) in [5, 5.41) is 0.659. The quantitative estimate of drug-likeness (QED) is 0.452. The lowest BCUT2D eigenvalue weighted by molar-refractivity contribution is 0.608. The van der Waals surface area contributed by atoms with Gasteiger partial charge in [-0.05, 0) is 53.8 Å². The normalized spacial score (nSPS) is 17.8. The summed E-state index contributed by atoms with van der Waals surface area (Å²) in [5.74, 6) is 1.11. The van der Waals surface area contributed by atoms with Gasteiger partial charge in [0.25, 0.3) is 0 Å². The van der Waals surface area contributed by atoms with E-state index in [1.54, 1.807) is 6.07 Å². The molecule has 0 N–H and O–H groups in total. The van der Waals surface area contributed by atoms with Gasteiger partial charge < -0.3 is 4.57 Å². The van der Waals surface area contributed by atoms with Crippen LogP contribution in [0.1, 0.15) is 30.3 Å². The van der Waals surface area contributed by atoms with Crippen molar-refractivity contribution >= 4 is 28.2 Å². The van der Waals surface area contributed by atoms with Crippen LogP contribution in [0.15, 0.2) is 78.4 Å². The molecular formula is C26H22ClFN2. The number of halogens is 2. The molecule has 150 valence electrons. The van der Waals surface area contributed by atoms with Crippen molar-refractivity contribution in [3.8, 4) is 0 Å². The van der Waals surface area contributed by atoms with Gasteiger partial charge in [-0.1, -0.05) is 67.1 Å². The summed E-state index contributed by atoms with van der Waals surface area (Å²) in [6, 6.07) is 11.3. The maximum atomic E-state index is 14.4. The van der Waals surface area contributed by atoms with Gasteiger partial charge in [0.2, 0.25) is 0 Å². The average molecular weight is 417 g/mol. The molecule has 5 rings (SSSR count). The van der Waals surface area contributed by atoms with Crippen LogP contribution in [-0.2, 0) is 13.0 Å². The Morgan fingerprint density at radius 3 is 2.87 bits per heavy atom. The van der Waals surface area contributed by atoms with Gasteiger partial charge in [-0.2, -0.15) is 0 Å². The lowest BCUT2D eigenvalue weighted by Crippen LogP contribution is -2.11. The van der Waals surface area contributed by atoms with E-state index in [4.69, 9.17) is 16.6 Å². The third-order valence-corrected chi connectivity index (χ3v) is 6.14. The first-order valence-corrected chi connectivity index (χ1v) is 10.7. The Bertz CT molecular complexity index is 1260. The Balaban J connectivity index is 1.68. The van der Waals surface area contributed by atoms with Crippen molar-refractivity contribution in [3.05, 3.63) is 106 Å². The molecule has 1 heterocycles. The third-order valence-electron chi connectivity index (χ3n) is 5.91. The molecule has 30 heavy (non-hydrogen) atoms. The van der Waals surface area contributed by atoms with Gasteiger partial charge in [0.05, 0.1) is 11.0 Å². The average Bonchev–Trinajstić information content (AvgIpc) is 3.10. The minimum Gasteiger partial charge on any atom is -0.319 e. The molecule has 2 aromatic carbocycles. The number of hydrogen-bond donors (Lipinski definition) is 0. The van der Waals surface area contributed by atoms with Gasteiger partial charge in [-0.15, -0.1) is 0 Å². The van der Waals surface area contributed by atoms with E-state index in [0.29, 0.717) is 23.9 Å². The molecule has 0 aliphatic heterocycles. The van der Waals surface area contributed by atoms with E-state index in [9.17, 15) is 4.39 Å². The fraction of sp³-hybridized carbons (Fsp3) is 0.192. The molecule has 0 saturated carbocycles. The van der Waals surface area contributed by atoms with Crippen LogP contribution in [0, 0.1) is 11.7 Å². The van der Waals surface area contributed by atoms with E-state index in [1.807, 2.05) is 37.3 Å². The molecule has 1 aromatic heterocycles. The number of rotatable bonds is 4. The highest BCUT2D eigenvalue weighted by molar-refractivity contribution is 6.31. The number of benzene rings is 2. The first kappa shape index (κ1) is 19.1. The molecule has 0 spiro atoms. The number of hydrogen-bond acceptors (Lipinski definition) is 1. The van der Waals surface area contributed by atoms with Gasteiger partial charge in [0.1, 0.15) is 11.6 Å². The Morgan fingerprint density at radius 2 is 2.03 bits per heavy atom. The SMILES string of the molecule is CCc1ccc(Cn2c(C3=C4C=CC=CC4CC=C3)nc3cc(Cl)ccc32)cc1F. The molecule has 1 atom stereocenters. The molecule has 1 unspecified atom stereocenters. The molecule has 0 fully saturated rings. The number of allylic oxidation sites excluding steroid dienone is 8. The van der Waals surface area contributed by atoms with Crippen molar-refractivity contribution in [2.24, 2.45) is 5.92 Å². The summed E-state index contributed by atoms with van der Waals surface area (Å²) in [6.45, 7) is 2.51. The topological polar surface area (TPSA) is 17.8 Å². The van der Waals surface area contributed by atoms with Gasteiger partial charge in [0.15, 0.2) is 0 Å². The first-order chi connectivity index (χ1) is 14.6. The van der Waals surface area contributed by atoms with E-state index in [0.717, 1.165) is 40.0 Å². The van der Waals surface area contributed by atoms with Crippen molar-refractivity contribution in [1.29, 1.82) is 0 Å². The first-order valence-electron chi connectivity index (χ1n) is 10.3. The zero-order valence-corrected chi connectivity index (χ0v) is 17.5. The zero-order valence-electron chi connectivity index (χ0n) is 16.8. The number of nitrogens with zero attached hydrogens (tertiary/aromatic N) is 2. The third kappa shape index (κ3) is 3.33. The second-order valence-electron chi connectivity index (χ2n) is 7.79. The van der Waals surface area contributed by atoms with Gasteiger partial charge >= 0.3 is 0 Å². The van der Waals surface area contributed by atoms with Crippen LogP contribution < -0.4 is 0 Å². The number of fused-ring (bicyclic) bond motifs is 2. The zero-order chi connectivity index (χ0) is 20.7. The molecule has 2 aliphatic carbocycles.